The largest absolute Gasteiger partial charge is 0.395 e. The van der Waals surface area contributed by atoms with Crippen molar-refractivity contribution < 1.29 is 5.11 Å². The lowest BCUT2D eigenvalue weighted by Gasteiger charge is -2.01. The summed E-state index contributed by atoms with van der Waals surface area (Å²) in [6, 6.07) is 0. The van der Waals surface area contributed by atoms with Crippen LogP contribution in [0, 0.1) is 6.92 Å². The second-order valence-corrected chi connectivity index (χ2v) is 4.66. The fraction of sp³-hybridized carbons (Fsp3) is 0.667. The van der Waals surface area contributed by atoms with E-state index in [2.05, 4.69) is 9.36 Å². The predicted molar refractivity (Wildman–Crippen MR) is 47.1 cm³/mol. The second kappa shape index (κ2) is 4.04. The first kappa shape index (κ1) is 8.96. The lowest BCUT2D eigenvalue weighted by Crippen LogP contribution is -2.00. The minimum Gasteiger partial charge on any atom is -0.395 e. The molecule has 0 aliphatic heterocycles. The van der Waals surface area contributed by atoms with Crippen LogP contribution in [0.1, 0.15) is 12.7 Å². The normalized spacial score (nSPS) is 13.4. The van der Waals surface area contributed by atoms with E-state index in [1.807, 2.05) is 13.8 Å². The standard InChI is InChI=1S/C6H10N2OS2/c1-4(3-9)10-6-7-5(2)8-11-6/h4,9H,3H2,1-2H3. The number of aliphatic hydroxyl groups is 1. The van der Waals surface area contributed by atoms with E-state index >= 15 is 0 Å². The van der Waals surface area contributed by atoms with E-state index in [1.54, 1.807) is 11.8 Å². The van der Waals surface area contributed by atoms with Crippen molar-refractivity contribution in [3.63, 3.8) is 0 Å². The summed E-state index contributed by atoms with van der Waals surface area (Å²) in [5.41, 5.74) is 0. The number of rotatable bonds is 3. The van der Waals surface area contributed by atoms with Gasteiger partial charge >= 0.3 is 0 Å². The van der Waals surface area contributed by atoms with Crippen LogP contribution in [0.25, 0.3) is 0 Å². The quantitative estimate of drug-likeness (QED) is 0.730. The fourth-order valence-electron chi connectivity index (χ4n) is 0.535. The van der Waals surface area contributed by atoms with Crippen molar-refractivity contribution in [3.8, 4) is 0 Å². The molecule has 0 saturated heterocycles. The molecule has 1 atom stereocenters. The van der Waals surface area contributed by atoms with Gasteiger partial charge in [0.25, 0.3) is 0 Å². The van der Waals surface area contributed by atoms with Gasteiger partial charge in [0, 0.05) is 5.25 Å². The van der Waals surface area contributed by atoms with Crippen molar-refractivity contribution in [3.05, 3.63) is 5.82 Å². The molecular formula is C6H10N2OS2. The van der Waals surface area contributed by atoms with Crippen LogP contribution >= 0.6 is 23.3 Å². The van der Waals surface area contributed by atoms with E-state index < -0.39 is 0 Å². The average molecular weight is 190 g/mol. The summed E-state index contributed by atoms with van der Waals surface area (Å²) in [5.74, 6) is 0.808. The minimum absolute atomic E-state index is 0.184. The number of thioether (sulfide) groups is 1. The Bertz CT molecular complexity index is 226. The minimum atomic E-state index is 0.184. The maximum absolute atomic E-state index is 8.74. The smallest absolute Gasteiger partial charge is 0.170 e. The van der Waals surface area contributed by atoms with Crippen molar-refractivity contribution in [2.75, 3.05) is 6.61 Å². The van der Waals surface area contributed by atoms with Gasteiger partial charge in [0.1, 0.15) is 5.82 Å². The van der Waals surface area contributed by atoms with Gasteiger partial charge in [0.15, 0.2) is 4.34 Å². The van der Waals surface area contributed by atoms with Crippen molar-refractivity contribution >= 4 is 23.3 Å². The molecule has 3 nitrogen and oxygen atoms in total. The van der Waals surface area contributed by atoms with Crippen molar-refractivity contribution in [2.24, 2.45) is 0 Å². The zero-order chi connectivity index (χ0) is 8.27. The lowest BCUT2D eigenvalue weighted by molar-refractivity contribution is 0.300. The van der Waals surface area contributed by atoms with Gasteiger partial charge in [-0.15, -0.1) is 0 Å². The van der Waals surface area contributed by atoms with Crippen LogP contribution in [-0.2, 0) is 0 Å². The summed E-state index contributed by atoms with van der Waals surface area (Å²) in [6.07, 6.45) is 0. The number of aliphatic hydroxyl groups excluding tert-OH is 1. The van der Waals surface area contributed by atoms with E-state index in [0.717, 1.165) is 10.2 Å². The number of hydrogen-bond donors (Lipinski definition) is 1. The van der Waals surface area contributed by atoms with Gasteiger partial charge in [0.2, 0.25) is 0 Å². The Balaban J connectivity index is 2.50. The summed E-state index contributed by atoms with van der Waals surface area (Å²) in [4.78, 5) is 4.16. The van der Waals surface area contributed by atoms with E-state index in [0.29, 0.717) is 0 Å². The molecule has 0 radical (unpaired) electrons. The monoisotopic (exact) mass is 190 g/mol. The Morgan fingerprint density at radius 2 is 2.45 bits per heavy atom. The second-order valence-electron chi connectivity index (χ2n) is 2.22. The van der Waals surface area contributed by atoms with Crippen LogP contribution in [0.2, 0.25) is 0 Å². The Morgan fingerprint density at radius 3 is 2.91 bits per heavy atom. The molecule has 0 saturated carbocycles. The fourth-order valence-corrected chi connectivity index (χ4v) is 2.34. The first-order valence-electron chi connectivity index (χ1n) is 3.30. The Kier molecular flexibility index (Phi) is 3.29. The van der Waals surface area contributed by atoms with Crippen molar-refractivity contribution in [1.82, 2.24) is 9.36 Å². The van der Waals surface area contributed by atoms with Crippen LogP contribution in [0.3, 0.4) is 0 Å². The summed E-state index contributed by atoms with van der Waals surface area (Å²) in [6.45, 7) is 4.01. The zero-order valence-electron chi connectivity index (χ0n) is 6.44. The van der Waals surface area contributed by atoms with E-state index in [-0.39, 0.29) is 11.9 Å². The van der Waals surface area contributed by atoms with Crippen LogP contribution < -0.4 is 0 Å². The van der Waals surface area contributed by atoms with Crippen LogP contribution in [-0.4, -0.2) is 26.3 Å². The molecule has 0 amide bonds. The molecular weight excluding hydrogens is 180 g/mol. The summed E-state index contributed by atoms with van der Waals surface area (Å²) in [5, 5.41) is 8.95. The third-order valence-electron chi connectivity index (χ3n) is 1.07. The number of aryl methyl sites for hydroxylation is 1. The highest BCUT2D eigenvalue weighted by Gasteiger charge is 2.06. The molecule has 0 aromatic carbocycles. The Morgan fingerprint density at radius 1 is 1.73 bits per heavy atom. The third kappa shape index (κ3) is 2.76. The molecule has 1 rings (SSSR count). The number of aromatic nitrogens is 2. The molecule has 1 heterocycles. The lowest BCUT2D eigenvalue weighted by atomic mass is 10.5. The molecule has 5 heteroatoms. The van der Waals surface area contributed by atoms with Crippen molar-refractivity contribution in [2.45, 2.75) is 23.4 Å². The van der Waals surface area contributed by atoms with Gasteiger partial charge in [-0.3, -0.25) is 0 Å². The SMILES string of the molecule is Cc1nsc(SC(C)CO)n1. The molecule has 0 bridgehead atoms. The predicted octanol–water partition coefficient (Wildman–Crippen LogP) is 1.32. The Hall–Kier alpha value is -0.130. The van der Waals surface area contributed by atoms with Gasteiger partial charge in [-0.25, -0.2) is 4.98 Å². The highest BCUT2D eigenvalue weighted by Crippen LogP contribution is 2.23. The van der Waals surface area contributed by atoms with Crippen molar-refractivity contribution in [1.29, 1.82) is 0 Å². The number of nitrogens with zero attached hydrogens (tertiary/aromatic N) is 2. The van der Waals surface area contributed by atoms with E-state index in [1.165, 1.54) is 11.5 Å². The Labute approximate surface area is 74.0 Å². The zero-order valence-corrected chi connectivity index (χ0v) is 8.08. The summed E-state index contributed by atoms with van der Waals surface area (Å²) < 4.78 is 4.97. The van der Waals surface area contributed by atoms with E-state index in [9.17, 15) is 0 Å². The molecule has 0 aliphatic rings. The van der Waals surface area contributed by atoms with Gasteiger partial charge < -0.3 is 5.11 Å². The summed E-state index contributed by atoms with van der Waals surface area (Å²) in [7, 11) is 0. The van der Waals surface area contributed by atoms with E-state index in [4.69, 9.17) is 5.11 Å². The summed E-state index contributed by atoms with van der Waals surface area (Å²) >= 11 is 2.94. The number of hydrogen-bond acceptors (Lipinski definition) is 5. The molecule has 1 unspecified atom stereocenters. The maximum atomic E-state index is 8.74. The molecule has 1 N–H and O–H groups in total. The van der Waals surface area contributed by atoms with Gasteiger partial charge in [-0.05, 0) is 18.5 Å². The molecule has 0 fully saturated rings. The highest BCUT2D eigenvalue weighted by molar-refractivity contribution is 8.01. The van der Waals surface area contributed by atoms with Crippen LogP contribution in [0.4, 0.5) is 0 Å². The van der Waals surface area contributed by atoms with Gasteiger partial charge in [-0.1, -0.05) is 18.7 Å². The molecule has 62 valence electrons. The first-order chi connectivity index (χ1) is 5.22. The molecule has 1 aromatic heterocycles. The molecule has 0 aliphatic carbocycles. The molecule has 1 aromatic rings. The molecule has 11 heavy (non-hydrogen) atoms. The topological polar surface area (TPSA) is 46.0 Å². The van der Waals surface area contributed by atoms with Crippen LogP contribution in [0.15, 0.2) is 4.34 Å². The third-order valence-corrected chi connectivity index (χ3v) is 3.03. The highest BCUT2D eigenvalue weighted by atomic mass is 32.2. The van der Waals surface area contributed by atoms with Gasteiger partial charge in [-0.2, -0.15) is 4.37 Å². The average Bonchev–Trinajstić information content (AvgIpc) is 2.35. The molecule has 0 spiro atoms. The van der Waals surface area contributed by atoms with Crippen LogP contribution in [0.5, 0.6) is 0 Å². The van der Waals surface area contributed by atoms with Gasteiger partial charge in [0.05, 0.1) is 6.61 Å². The first-order valence-corrected chi connectivity index (χ1v) is 4.95. The maximum Gasteiger partial charge on any atom is 0.170 e.